The summed E-state index contributed by atoms with van der Waals surface area (Å²) >= 11 is 3.29. The van der Waals surface area contributed by atoms with Gasteiger partial charge in [0.2, 0.25) is 0 Å². The molecule has 0 bridgehead atoms. The first-order valence-electron chi connectivity index (χ1n) is 6.90. The minimum atomic E-state index is 0.374. The standard InChI is InChI=1S/C14H23BrO/c15-10-14(16)13-8-6-12(7-9-13)11-4-2-1-3-5-11/h11-13H,1-10H2. The molecule has 0 amide bonds. The lowest BCUT2D eigenvalue weighted by molar-refractivity contribution is -0.121. The highest BCUT2D eigenvalue weighted by Crippen LogP contribution is 2.40. The molecule has 92 valence electrons. The fourth-order valence-corrected chi connectivity index (χ4v) is 4.09. The summed E-state index contributed by atoms with van der Waals surface area (Å²) in [4.78, 5) is 11.6. The highest BCUT2D eigenvalue weighted by Gasteiger charge is 2.30. The van der Waals surface area contributed by atoms with Gasteiger partial charge in [-0.15, -0.1) is 0 Å². The van der Waals surface area contributed by atoms with Crippen LogP contribution in [0.4, 0.5) is 0 Å². The van der Waals surface area contributed by atoms with E-state index in [-0.39, 0.29) is 0 Å². The summed E-state index contributed by atoms with van der Waals surface area (Å²) in [5.74, 6) is 2.75. The third-order valence-electron chi connectivity index (χ3n) is 4.68. The Morgan fingerprint density at radius 2 is 1.44 bits per heavy atom. The molecule has 0 atom stereocenters. The summed E-state index contributed by atoms with van der Waals surface area (Å²) in [7, 11) is 0. The maximum atomic E-state index is 11.6. The van der Waals surface area contributed by atoms with Gasteiger partial charge in [-0.25, -0.2) is 0 Å². The van der Waals surface area contributed by atoms with Gasteiger partial charge in [-0.3, -0.25) is 4.79 Å². The molecular weight excluding hydrogens is 264 g/mol. The lowest BCUT2D eigenvalue weighted by Crippen LogP contribution is -2.27. The molecule has 0 aliphatic heterocycles. The summed E-state index contributed by atoms with van der Waals surface area (Å²) in [5, 5.41) is 0.561. The van der Waals surface area contributed by atoms with E-state index in [1.807, 2.05) is 0 Å². The fourth-order valence-electron chi connectivity index (χ4n) is 3.63. The molecule has 2 rings (SSSR count). The summed E-state index contributed by atoms with van der Waals surface area (Å²) in [5.41, 5.74) is 0. The van der Waals surface area contributed by atoms with E-state index in [9.17, 15) is 4.79 Å². The molecule has 2 aliphatic carbocycles. The van der Waals surface area contributed by atoms with Crippen LogP contribution in [0, 0.1) is 17.8 Å². The molecule has 0 spiro atoms. The van der Waals surface area contributed by atoms with E-state index in [4.69, 9.17) is 0 Å². The van der Waals surface area contributed by atoms with Crippen LogP contribution < -0.4 is 0 Å². The lowest BCUT2D eigenvalue weighted by atomic mass is 9.70. The van der Waals surface area contributed by atoms with Gasteiger partial charge in [0.25, 0.3) is 0 Å². The Hall–Kier alpha value is 0.150. The number of hydrogen-bond donors (Lipinski definition) is 0. The Kier molecular flexibility index (Phi) is 4.87. The lowest BCUT2D eigenvalue weighted by Gasteiger charge is -2.35. The highest BCUT2D eigenvalue weighted by atomic mass is 79.9. The summed E-state index contributed by atoms with van der Waals surface area (Å²) < 4.78 is 0. The van der Waals surface area contributed by atoms with E-state index in [0.29, 0.717) is 17.0 Å². The van der Waals surface area contributed by atoms with Gasteiger partial charge in [-0.2, -0.15) is 0 Å². The molecule has 0 unspecified atom stereocenters. The van der Waals surface area contributed by atoms with Gasteiger partial charge < -0.3 is 0 Å². The first-order chi connectivity index (χ1) is 7.81. The monoisotopic (exact) mass is 286 g/mol. The van der Waals surface area contributed by atoms with Crippen molar-refractivity contribution >= 4 is 21.7 Å². The zero-order valence-electron chi connectivity index (χ0n) is 10.1. The van der Waals surface area contributed by atoms with Gasteiger partial charge in [-0.05, 0) is 37.5 Å². The number of Topliss-reactive ketones (excluding diaryl/α,β-unsaturated/α-hetero) is 1. The van der Waals surface area contributed by atoms with E-state index in [1.54, 1.807) is 0 Å². The predicted octanol–water partition coefficient (Wildman–Crippen LogP) is 4.34. The van der Waals surface area contributed by atoms with Crippen LogP contribution in [-0.2, 0) is 4.79 Å². The number of carbonyl (C=O) groups excluding carboxylic acids is 1. The van der Waals surface area contributed by atoms with E-state index in [1.165, 1.54) is 44.9 Å². The summed E-state index contributed by atoms with van der Waals surface area (Å²) in [6, 6.07) is 0. The third kappa shape index (κ3) is 3.09. The van der Waals surface area contributed by atoms with Crippen molar-refractivity contribution in [2.45, 2.75) is 57.8 Å². The second kappa shape index (κ2) is 6.18. The first-order valence-corrected chi connectivity index (χ1v) is 8.02. The fraction of sp³-hybridized carbons (Fsp3) is 0.929. The number of rotatable bonds is 3. The smallest absolute Gasteiger partial charge is 0.146 e. The van der Waals surface area contributed by atoms with E-state index in [0.717, 1.165) is 24.7 Å². The number of carbonyl (C=O) groups is 1. The van der Waals surface area contributed by atoms with Crippen LogP contribution in [0.25, 0.3) is 0 Å². The Morgan fingerprint density at radius 1 is 0.875 bits per heavy atom. The van der Waals surface area contributed by atoms with Crippen molar-refractivity contribution in [2.24, 2.45) is 17.8 Å². The Morgan fingerprint density at radius 3 is 2.00 bits per heavy atom. The average molecular weight is 287 g/mol. The molecule has 2 heteroatoms. The molecule has 2 fully saturated rings. The summed E-state index contributed by atoms with van der Waals surface area (Å²) in [6.45, 7) is 0. The maximum absolute atomic E-state index is 11.6. The van der Waals surface area contributed by atoms with Crippen molar-refractivity contribution in [2.75, 3.05) is 5.33 Å². The topological polar surface area (TPSA) is 17.1 Å². The molecule has 0 aromatic carbocycles. The van der Waals surface area contributed by atoms with Gasteiger partial charge in [0.05, 0.1) is 5.33 Å². The summed E-state index contributed by atoms with van der Waals surface area (Å²) in [6.07, 6.45) is 12.2. The third-order valence-corrected chi connectivity index (χ3v) is 5.23. The minimum absolute atomic E-state index is 0.374. The molecule has 16 heavy (non-hydrogen) atoms. The second-order valence-corrected chi connectivity index (χ2v) is 6.17. The first kappa shape index (κ1) is 12.6. The Labute approximate surface area is 108 Å². The number of hydrogen-bond acceptors (Lipinski definition) is 1. The molecular formula is C14H23BrO. The SMILES string of the molecule is O=C(CBr)C1CCC(C2CCCCC2)CC1. The average Bonchev–Trinajstić information content (AvgIpc) is 2.39. The van der Waals surface area contributed by atoms with E-state index < -0.39 is 0 Å². The van der Waals surface area contributed by atoms with Crippen molar-refractivity contribution in [1.82, 2.24) is 0 Å². The van der Waals surface area contributed by atoms with Crippen LogP contribution in [0.15, 0.2) is 0 Å². The normalized spacial score (nSPS) is 32.6. The van der Waals surface area contributed by atoms with Crippen molar-refractivity contribution in [1.29, 1.82) is 0 Å². The quantitative estimate of drug-likeness (QED) is 0.706. The number of halogens is 1. The molecule has 0 N–H and O–H groups in total. The molecule has 1 nitrogen and oxygen atoms in total. The van der Waals surface area contributed by atoms with Gasteiger partial charge >= 0.3 is 0 Å². The van der Waals surface area contributed by atoms with Crippen molar-refractivity contribution in [3.63, 3.8) is 0 Å². The highest BCUT2D eigenvalue weighted by molar-refractivity contribution is 9.09. The molecule has 0 saturated heterocycles. The molecule has 0 radical (unpaired) electrons. The van der Waals surface area contributed by atoms with E-state index >= 15 is 0 Å². The van der Waals surface area contributed by atoms with Crippen LogP contribution >= 0.6 is 15.9 Å². The van der Waals surface area contributed by atoms with Crippen molar-refractivity contribution in [3.05, 3.63) is 0 Å². The zero-order chi connectivity index (χ0) is 11.4. The Balaban J connectivity index is 1.78. The van der Waals surface area contributed by atoms with Crippen LogP contribution in [-0.4, -0.2) is 11.1 Å². The maximum Gasteiger partial charge on any atom is 0.146 e. The molecule has 0 aromatic rings. The molecule has 0 aromatic heterocycles. The Bertz CT molecular complexity index is 225. The van der Waals surface area contributed by atoms with Crippen molar-refractivity contribution in [3.8, 4) is 0 Å². The zero-order valence-corrected chi connectivity index (χ0v) is 11.7. The van der Waals surface area contributed by atoms with Crippen LogP contribution in [0.3, 0.4) is 0 Å². The number of ketones is 1. The van der Waals surface area contributed by atoms with Crippen LogP contribution in [0.1, 0.15) is 57.8 Å². The number of alkyl halides is 1. The molecule has 2 aliphatic rings. The van der Waals surface area contributed by atoms with Gasteiger partial charge in [-0.1, -0.05) is 48.0 Å². The predicted molar refractivity (Wildman–Crippen MR) is 70.8 cm³/mol. The molecule has 0 heterocycles. The second-order valence-electron chi connectivity index (χ2n) is 5.61. The van der Waals surface area contributed by atoms with Crippen molar-refractivity contribution < 1.29 is 4.79 Å². The molecule has 2 saturated carbocycles. The van der Waals surface area contributed by atoms with Gasteiger partial charge in [0.1, 0.15) is 5.78 Å². The van der Waals surface area contributed by atoms with Gasteiger partial charge in [0, 0.05) is 5.92 Å². The van der Waals surface area contributed by atoms with Crippen LogP contribution in [0.5, 0.6) is 0 Å². The largest absolute Gasteiger partial charge is 0.298 e. The van der Waals surface area contributed by atoms with Gasteiger partial charge in [0.15, 0.2) is 0 Å². The minimum Gasteiger partial charge on any atom is -0.298 e. The van der Waals surface area contributed by atoms with E-state index in [2.05, 4.69) is 15.9 Å². The van der Waals surface area contributed by atoms with Crippen LogP contribution in [0.2, 0.25) is 0 Å².